The lowest BCUT2D eigenvalue weighted by molar-refractivity contribution is -0.0764. The number of ether oxygens (including phenoxy) is 1. The van der Waals surface area contributed by atoms with Crippen LogP contribution in [0.15, 0.2) is 24.3 Å². The van der Waals surface area contributed by atoms with Gasteiger partial charge in [-0.15, -0.1) is 5.10 Å². The summed E-state index contributed by atoms with van der Waals surface area (Å²) in [6.45, 7) is 7.51. The van der Waals surface area contributed by atoms with Crippen molar-refractivity contribution in [1.82, 2.24) is 19.5 Å². The molecule has 1 fully saturated rings. The maximum atomic E-state index is 10.8. The normalized spacial score (nSPS) is 22.8. The molecule has 138 valence electrons. The molecule has 26 heavy (non-hydrogen) atoms. The lowest BCUT2D eigenvalue weighted by Gasteiger charge is -2.40. The van der Waals surface area contributed by atoms with Crippen molar-refractivity contribution >= 4 is 27.9 Å². The summed E-state index contributed by atoms with van der Waals surface area (Å²) >= 11 is 7.72. The molecule has 1 N–H and O–H groups in total. The van der Waals surface area contributed by atoms with Crippen LogP contribution in [0.25, 0.3) is 4.96 Å². The summed E-state index contributed by atoms with van der Waals surface area (Å²) in [6.07, 6.45) is 0.235. The molecule has 0 aliphatic carbocycles. The van der Waals surface area contributed by atoms with E-state index in [1.807, 2.05) is 31.2 Å². The van der Waals surface area contributed by atoms with Gasteiger partial charge in [0.15, 0.2) is 0 Å². The summed E-state index contributed by atoms with van der Waals surface area (Å²) in [7, 11) is 0. The van der Waals surface area contributed by atoms with Crippen molar-refractivity contribution in [2.45, 2.75) is 39.0 Å². The van der Waals surface area contributed by atoms with Crippen LogP contribution < -0.4 is 0 Å². The molecule has 2 aromatic heterocycles. The van der Waals surface area contributed by atoms with Gasteiger partial charge in [0.2, 0.25) is 10.8 Å². The molecule has 3 aromatic rings. The average Bonchev–Trinajstić information content (AvgIpc) is 3.05. The van der Waals surface area contributed by atoms with E-state index in [0.29, 0.717) is 15.8 Å². The number of thiazole rings is 1. The number of benzene rings is 1. The lowest BCUT2D eigenvalue weighted by Crippen LogP contribution is -2.47. The largest absolute Gasteiger partial charge is 0.492 e. The number of nitrogens with zero attached hydrogens (tertiary/aromatic N) is 4. The maximum absolute atomic E-state index is 10.8. The highest BCUT2D eigenvalue weighted by Gasteiger charge is 2.34. The van der Waals surface area contributed by atoms with Gasteiger partial charge >= 0.3 is 0 Å². The van der Waals surface area contributed by atoms with E-state index >= 15 is 0 Å². The predicted octanol–water partition coefficient (Wildman–Crippen LogP) is 3.66. The van der Waals surface area contributed by atoms with Crippen molar-refractivity contribution in [1.29, 1.82) is 0 Å². The zero-order valence-corrected chi connectivity index (χ0v) is 16.5. The third-order valence-corrected chi connectivity index (χ3v) is 5.84. The van der Waals surface area contributed by atoms with Crippen LogP contribution in [-0.4, -0.2) is 49.9 Å². The van der Waals surface area contributed by atoms with Gasteiger partial charge in [-0.1, -0.05) is 35.1 Å². The number of rotatable bonds is 3. The minimum atomic E-state index is -0.128. The van der Waals surface area contributed by atoms with Crippen molar-refractivity contribution < 1.29 is 9.84 Å². The first-order valence-corrected chi connectivity index (χ1v) is 9.82. The molecule has 0 spiro atoms. The Kier molecular flexibility index (Phi) is 4.64. The Morgan fingerprint density at radius 3 is 2.69 bits per heavy atom. The van der Waals surface area contributed by atoms with E-state index in [4.69, 9.17) is 16.3 Å². The maximum Gasteiger partial charge on any atom is 0.230 e. The van der Waals surface area contributed by atoms with E-state index in [9.17, 15) is 5.11 Å². The number of morpholine rings is 1. The molecular formula is C18H21ClN4O2S. The van der Waals surface area contributed by atoms with Crippen molar-refractivity contribution in [2.24, 2.45) is 0 Å². The van der Waals surface area contributed by atoms with Gasteiger partial charge in [-0.25, -0.2) is 4.98 Å². The van der Waals surface area contributed by atoms with Gasteiger partial charge in [0.1, 0.15) is 5.82 Å². The first kappa shape index (κ1) is 17.7. The molecule has 0 radical (unpaired) electrons. The second kappa shape index (κ2) is 6.81. The standard InChI is InChI=1S/C18H21ClN4O2S/c1-10-8-22(9-11(2)25-10)15(13-5-4-6-14(19)7-13)16-17(24)23-18(26-16)20-12(3)21-23/h4-7,10-11,15,24H,8-9H2,1-3H3/t10-,11-,15-/m0/s1. The summed E-state index contributed by atoms with van der Waals surface area (Å²) in [5.41, 5.74) is 1.04. The molecule has 1 aromatic carbocycles. The zero-order chi connectivity index (χ0) is 18.4. The lowest BCUT2D eigenvalue weighted by atomic mass is 10.0. The average molecular weight is 393 g/mol. The summed E-state index contributed by atoms with van der Waals surface area (Å²) in [4.78, 5) is 8.25. The summed E-state index contributed by atoms with van der Waals surface area (Å²) in [5, 5.41) is 15.8. The Balaban J connectivity index is 1.84. The zero-order valence-electron chi connectivity index (χ0n) is 14.9. The molecule has 3 heterocycles. The number of aromatic nitrogens is 3. The third-order valence-electron chi connectivity index (χ3n) is 4.53. The third kappa shape index (κ3) is 3.20. The first-order valence-electron chi connectivity index (χ1n) is 8.62. The molecule has 3 atom stereocenters. The Hall–Kier alpha value is -1.67. The number of aromatic hydroxyl groups is 1. The summed E-state index contributed by atoms with van der Waals surface area (Å²) in [6, 6.07) is 7.67. The molecule has 0 saturated carbocycles. The molecule has 4 rings (SSSR count). The highest BCUT2D eigenvalue weighted by molar-refractivity contribution is 7.17. The van der Waals surface area contributed by atoms with E-state index in [2.05, 4.69) is 28.8 Å². The van der Waals surface area contributed by atoms with Gasteiger partial charge in [0.05, 0.1) is 23.1 Å². The van der Waals surface area contributed by atoms with Gasteiger partial charge in [-0.2, -0.15) is 4.52 Å². The van der Waals surface area contributed by atoms with E-state index < -0.39 is 0 Å². The number of halogens is 1. The fourth-order valence-electron chi connectivity index (χ4n) is 3.66. The number of fused-ring (bicyclic) bond motifs is 1. The minimum absolute atomic E-state index is 0.118. The van der Waals surface area contributed by atoms with Gasteiger partial charge < -0.3 is 9.84 Å². The Bertz CT molecular complexity index is 931. The predicted molar refractivity (Wildman–Crippen MR) is 102 cm³/mol. The Labute approximate surface area is 161 Å². The Morgan fingerprint density at radius 2 is 2.04 bits per heavy atom. The van der Waals surface area contributed by atoms with E-state index in [1.54, 1.807) is 0 Å². The van der Waals surface area contributed by atoms with Crippen LogP contribution in [0.2, 0.25) is 5.02 Å². The van der Waals surface area contributed by atoms with Gasteiger partial charge in [-0.05, 0) is 38.5 Å². The first-order chi connectivity index (χ1) is 12.4. The smallest absolute Gasteiger partial charge is 0.230 e. The van der Waals surface area contributed by atoms with E-state index in [1.165, 1.54) is 15.9 Å². The van der Waals surface area contributed by atoms with Crippen LogP contribution in [0.1, 0.15) is 36.2 Å². The molecule has 0 unspecified atom stereocenters. The summed E-state index contributed by atoms with van der Waals surface area (Å²) < 4.78 is 7.41. The van der Waals surface area contributed by atoms with E-state index in [-0.39, 0.29) is 24.1 Å². The van der Waals surface area contributed by atoms with E-state index in [0.717, 1.165) is 23.5 Å². The topological polar surface area (TPSA) is 62.9 Å². The van der Waals surface area contributed by atoms with Gasteiger partial charge in [0.25, 0.3) is 0 Å². The molecule has 1 aliphatic rings. The van der Waals surface area contributed by atoms with Crippen LogP contribution in [0.4, 0.5) is 0 Å². The molecule has 0 bridgehead atoms. The van der Waals surface area contributed by atoms with Crippen LogP contribution >= 0.6 is 22.9 Å². The number of hydrogen-bond donors (Lipinski definition) is 1. The molecular weight excluding hydrogens is 372 g/mol. The number of hydrogen-bond acceptors (Lipinski definition) is 6. The molecule has 1 aliphatic heterocycles. The molecule has 0 amide bonds. The highest BCUT2D eigenvalue weighted by atomic mass is 35.5. The molecule has 1 saturated heterocycles. The second-order valence-corrected chi connectivity index (χ2v) is 8.26. The van der Waals surface area contributed by atoms with Crippen molar-refractivity contribution in [2.75, 3.05) is 13.1 Å². The minimum Gasteiger partial charge on any atom is -0.492 e. The van der Waals surface area contributed by atoms with Crippen LogP contribution in [0, 0.1) is 6.92 Å². The van der Waals surface area contributed by atoms with Gasteiger partial charge in [-0.3, -0.25) is 4.90 Å². The SMILES string of the molecule is Cc1nc2sc([C@H](c3cccc(Cl)c3)N3C[C@H](C)O[C@@H](C)C3)c(O)n2n1. The number of aryl methyl sites for hydroxylation is 1. The summed E-state index contributed by atoms with van der Waals surface area (Å²) in [5.74, 6) is 0.786. The van der Waals surface area contributed by atoms with Gasteiger partial charge in [0, 0.05) is 18.1 Å². The monoisotopic (exact) mass is 392 g/mol. The second-order valence-electron chi connectivity index (χ2n) is 6.81. The van der Waals surface area contributed by atoms with Crippen LogP contribution in [0.3, 0.4) is 0 Å². The fraction of sp³-hybridized carbons (Fsp3) is 0.444. The fourth-order valence-corrected chi connectivity index (χ4v) is 5.02. The highest BCUT2D eigenvalue weighted by Crippen LogP contribution is 2.41. The Morgan fingerprint density at radius 1 is 1.31 bits per heavy atom. The molecule has 8 heteroatoms. The van der Waals surface area contributed by atoms with Crippen molar-refractivity contribution in [3.63, 3.8) is 0 Å². The van der Waals surface area contributed by atoms with Crippen molar-refractivity contribution in [3.8, 4) is 5.88 Å². The van der Waals surface area contributed by atoms with Crippen molar-refractivity contribution in [3.05, 3.63) is 45.6 Å². The van der Waals surface area contributed by atoms with Crippen LogP contribution in [-0.2, 0) is 4.74 Å². The molecule has 6 nitrogen and oxygen atoms in total. The van der Waals surface area contributed by atoms with Crippen LogP contribution in [0.5, 0.6) is 5.88 Å². The quantitative estimate of drug-likeness (QED) is 0.737.